The molecule has 1 aromatic rings. The third-order valence-corrected chi connectivity index (χ3v) is 2.03. The van der Waals surface area contributed by atoms with Gasteiger partial charge in [-0.2, -0.15) is 4.37 Å². The van der Waals surface area contributed by atoms with E-state index in [1.165, 1.54) is 11.5 Å². The van der Waals surface area contributed by atoms with Crippen molar-refractivity contribution < 1.29 is 5.11 Å². The Balaban J connectivity index is 2.47. The standard InChI is InChI=1S/C9H13NOS/c1-7(2)5-9(11)6-8-3-4-12-10-8/h3-5,9,11H,6H2,1-2H3. The fourth-order valence-corrected chi connectivity index (χ4v) is 1.55. The third-order valence-electron chi connectivity index (χ3n) is 1.44. The van der Waals surface area contributed by atoms with E-state index < -0.39 is 6.10 Å². The molecule has 0 aliphatic rings. The maximum atomic E-state index is 9.48. The first-order valence-electron chi connectivity index (χ1n) is 3.91. The first kappa shape index (κ1) is 9.42. The van der Waals surface area contributed by atoms with Crippen molar-refractivity contribution in [2.75, 3.05) is 0 Å². The van der Waals surface area contributed by atoms with Crippen LogP contribution >= 0.6 is 11.5 Å². The van der Waals surface area contributed by atoms with Gasteiger partial charge in [0.05, 0.1) is 11.8 Å². The van der Waals surface area contributed by atoms with Gasteiger partial charge in [-0.05, 0) is 31.4 Å². The van der Waals surface area contributed by atoms with Gasteiger partial charge in [0, 0.05) is 11.8 Å². The van der Waals surface area contributed by atoms with E-state index in [1.807, 2.05) is 31.4 Å². The van der Waals surface area contributed by atoms with Crippen molar-refractivity contribution in [1.82, 2.24) is 4.37 Å². The van der Waals surface area contributed by atoms with Crippen molar-refractivity contribution in [3.05, 3.63) is 28.8 Å². The van der Waals surface area contributed by atoms with Crippen LogP contribution in [0.25, 0.3) is 0 Å². The molecule has 2 nitrogen and oxygen atoms in total. The maximum absolute atomic E-state index is 9.48. The molecule has 0 aliphatic carbocycles. The summed E-state index contributed by atoms with van der Waals surface area (Å²) in [6.45, 7) is 3.95. The highest BCUT2D eigenvalue weighted by molar-refractivity contribution is 7.03. The smallest absolute Gasteiger partial charge is 0.0779 e. The van der Waals surface area contributed by atoms with Crippen LogP contribution in [0.3, 0.4) is 0 Å². The second-order valence-corrected chi connectivity index (χ2v) is 3.67. The highest BCUT2D eigenvalue weighted by atomic mass is 32.1. The Hall–Kier alpha value is -0.670. The average Bonchev–Trinajstić information content (AvgIpc) is 2.37. The van der Waals surface area contributed by atoms with E-state index in [0.717, 1.165) is 11.3 Å². The Morgan fingerprint density at radius 1 is 1.75 bits per heavy atom. The highest BCUT2D eigenvalue weighted by Crippen LogP contribution is 2.05. The molecular formula is C9H13NOS. The lowest BCUT2D eigenvalue weighted by atomic mass is 10.1. The molecular weight excluding hydrogens is 170 g/mol. The van der Waals surface area contributed by atoms with Gasteiger partial charge in [-0.1, -0.05) is 11.6 Å². The van der Waals surface area contributed by atoms with Crippen LogP contribution in [0.15, 0.2) is 23.1 Å². The number of allylic oxidation sites excluding steroid dienone is 1. The molecule has 0 aliphatic heterocycles. The molecule has 1 aromatic heterocycles. The summed E-state index contributed by atoms with van der Waals surface area (Å²) in [6.07, 6.45) is 2.07. The van der Waals surface area contributed by atoms with Crippen LogP contribution in [-0.4, -0.2) is 15.6 Å². The van der Waals surface area contributed by atoms with E-state index in [2.05, 4.69) is 4.37 Å². The summed E-state index contributed by atoms with van der Waals surface area (Å²) in [4.78, 5) is 0. The number of rotatable bonds is 3. The zero-order valence-electron chi connectivity index (χ0n) is 7.32. The second-order valence-electron chi connectivity index (χ2n) is 3.01. The van der Waals surface area contributed by atoms with Crippen LogP contribution in [0.1, 0.15) is 19.5 Å². The Labute approximate surface area is 76.7 Å². The average molecular weight is 183 g/mol. The van der Waals surface area contributed by atoms with Crippen molar-refractivity contribution in [3.8, 4) is 0 Å². The molecule has 1 heterocycles. The van der Waals surface area contributed by atoms with Gasteiger partial charge in [0.1, 0.15) is 0 Å². The quantitative estimate of drug-likeness (QED) is 0.727. The Morgan fingerprint density at radius 2 is 2.50 bits per heavy atom. The van der Waals surface area contributed by atoms with Crippen molar-refractivity contribution >= 4 is 11.5 Å². The molecule has 3 heteroatoms. The first-order valence-corrected chi connectivity index (χ1v) is 4.74. The fraction of sp³-hybridized carbons (Fsp3) is 0.444. The van der Waals surface area contributed by atoms with E-state index in [9.17, 15) is 5.11 Å². The summed E-state index contributed by atoms with van der Waals surface area (Å²) >= 11 is 1.42. The largest absolute Gasteiger partial charge is 0.389 e. The van der Waals surface area contributed by atoms with E-state index in [0.29, 0.717) is 6.42 Å². The van der Waals surface area contributed by atoms with E-state index in [-0.39, 0.29) is 0 Å². The molecule has 1 rings (SSSR count). The van der Waals surface area contributed by atoms with Gasteiger partial charge < -0.3 is 5.11 Å². The van der Waals surface area contributed by atoms with Gasteiger partial charge in [-0.25, -0.2) is 0 Å². The topological polar surface area (TPSA) is 33.1 Å². The number of aliphatic hydroxyl groups is 1. The minimum Gasteiger partial charge on any atom is -0.389 e. The SMILES string of the molecule is CC(C)=CC(O)Cc1ccsn1. The monoisotopic (exact) mass is 183 g/mol. The lowest BCUT2D eigenvalue weighted by molar-refractivity contribution is 0.222. The molecule has 0 bridgehead atoms. The predicted molar refractivity (Wildman–Crippen MR) is 51.3 cm³/mol. The van der Waals surface area contributed by atoms with Crippen LogP contribution in [-0.2, 0) is 6.42 Å². The Kier molecular flexibility index (Phi) is 3.44. The van der Waals surface area contributed by atoms with E-state index in [1.54, 1.807) is 0 Å². The zero-order chi connectivity index (χ0) is 8.97. The molecule has 0 saturated heterocycles. The maximum Gasteiger partial charge on any atom is 0.0779 e. The van der Waals surface area contributed by atoms with Crippen LogP contribution in [0, 0.1) is 0 Å². The molecule has 12 heavy (non-hydrogen) atoms. The molecule has 0 aromatic carbocycles. The number of aromatic nitrogens is 1. The summed E-state index contributed by atoms with van der Waals surface area (Å²) in [5, 5.41) is 11.4. The van der Waals surface area contributed by atoms with Gasteiger partial charge in [0.2, 0.25) is 0 Å². The summed E-state index contributed by atoms with van der Waals surface area (Å²) in [5.74, 6) is 0. The normalized spacial score (nSPS) is 12.6. The number of hydrogen-bond donors (Lipinski definition) is 1. The molecule has 1 N–H and O–H groups in total. The number of hydrogen-bond acceptors (Lipinski definition) is 3. The Morgan fingerprint density at radius 3 is 3.00 bits per heavy atom. The molecule has 0 amide bonds. The van der Waals surface area contributed by atoms with Crippen molar-refractivity contribution in [3.63, 3.8) is 0 Å². The molecule has 0 spiro atoms. The van der Waals surface area contributed by atoms with Crippen molar-refractivity contribution in [1.29, 1.82) is 0 Å². The van der Waals surface area contributed by atoms with E-state index in [4.69, 9.17) is 0 Å². The number of aliphatic hydroxyl groups excluding tert-OH is 1. The molecule has 0 saturated carbocycles. The molecule has 0 fully saturated rings. The van der Waals surface area contributed by atoms with Gasteiger partial charge >= 0.3 is 0 Å². The minimum absolute atomic E-state index is 0.392. The van der Waals surface area contributed by atoms with Crippen molar-refractivity contribution in [2.45, 2.75) is 26.4 Å². The third kappa shape index (κ3) is 3.15. The van der Waals surface area contributed by atoms with Gasteiger partial charge in [0.15, 0.2) is 0 Å². The van der Waals surface area contributed by atoms with Crippen LogP contribution in [0.4, 0.5) is 0 Å². The zero-order valence-corrected chi connectivity index (χ0v) is 8.14. The second kappa shape index (κ2) is 4.38. The lowest BCUT2D eigenvalue weighted by Gasteiger charge is -2.02. The highest BCUT2D eigenvalue weighted by Gasteiger charge is 2.02. The van der Waals surface area contributed by atoms with E-state index >= 15 is 0 Å². The van der Waals surface area contributed by atoms with Crippen LogP contribution in [0.5, 0.6) is 0 Å². The van der Waals surface area contributed by atoms with Crippen LogP contribution in [0.2, 0.25) is 0 Å². The molecule has 0 radical (unpaired) electrons. The van der Waals surface area contributed by atoms with Gasteiger partial charge in [-0.3, -0.25) is 0 Å². The summed E-state index contributed by atoms with van der Waals surface area (Å²) < 4.78 is 4.12. The summed E-state index contributed by atoms with van der Waals surface area (Å²) in [7, 11) is 0. The van der Waals surface area contributed by atoms with Crippen molar-refractivity contribution in [2.24, 2.45) is 0 Å². The minimum atomic E-state index is -0.392. The van der Waals surface area contributed by atoms with Gasteiger partial charge in [-0.15, -0.1) is 0 Å². The molecule has 1 atom stereocenters. The van der Waals surface area contributed by atoms with Crippen LogP contribution < -0.4 is 0 Å². The summed E-state index contributed by atoms with van der Waals surface area (Å²) in [6, 6.07) is 1.94. The fourth-order valence-electron chi connectivity index (χ4n) is 1.00. The first-order chi connectivity index (χ1) is 5.68. The number of nitrogens with zero attached hydrogens (tertiary/aromatic N) is 1. The molecule has 1 unspecified atom stereocenters. The predicted octanol–water partition coefficient (Wildman–Crippen LogP) is 2.01. The molecule has 66 valence electrons. The Bertz CT molecular complexity index is 250. The summed E-state index contributed by atoms with van der Waals surface area (Å²) in [5.41, 5.74) is 2.10. The van der Waals surface area contributed by atoms with Gasteiger partial charge in [0.25, 0.3) is 0 Å². The lowest BCUT2D eigenvalue weighted by Crippen LogP contribution is -2.07.